The number of rotatable bonds is 7. The van der Waals surface area contributed by atoms with Gasteiger partial charge in [0, 0.05) is 24.2 Å². The molecule has 0 fully saturated rings. The van der Waals surface area contributed by atoms with Gasteiger partial charge in [0.15, 0.2) is 0 Å². The number of ether oxygens (including phenoxy) is 1. The summed E-state index contributed by atoms with van der Waals surface area (Å²) in [7, 11) is 0. The average Bonchev–Trinajstić information content (AvgIpc) is 2.31. The van der Waals surface area contributed by atoms with E-state index in [4.69, 9.17) is 27.9 Å². The molecule has 0 aliphatic heterocycles. The lowest BCUT2D eigenvalue weighted by molar-refractivity contribution is 0.107. The second kappa shape index (κ2) is 7.56. The van der Waals surface area contributed by atoms with Crippen LogP contribution in [0.2, 0.25) is 10.0 Å². The fourth-order valence-electron chi connectivity index (χ4n) is 1.18. The number of aliphatic hydroxyl groups is 1. The fourth-order valence-corrected chi connectivity index (χ4v) is 1.52. The lowest BCUT2D eigenvalue weighted by Crippen LogP contribution is -2.31. The van der Waals surface area contributed by atoms with Crippen molar-refractivity contribution in [2.75, 3.05) is 19.7 Å². The number of hydrogen-bond acceptors (Lipinski definition) is 3. The molecule has 1 rings (SSSR count). The van der Waals surface area contributed by atoms with Crippen molar-refractivity contribution in [2.24, 2.45) is 0 Å². The van der Waals surface area contributed by atoms with Crippen molar-refractivity contribution >= 4 is 23.2 Å². The predicted molar refractivity (Wildman–Crippen MR) is 71.0 cm³/mol. The van der Waals surface area contributed by atoms with E-state index in [9.17, 15) is 5.11 Å². The molecule has 1 aromatic carbocycles. The van der Waals surface area contributed by atoms with Crippen molar-refractivity contribution < 1.29 is 9.84 Å². The van der Waals surface area contributed by atoms with Gasteiger partial charge in [-0.1, -0.05) is 29.3 Å². The van der Waals surface area contributed by atoms with Crippen molar-refractivity contribution in [3.63, 3.8) is 0 Å². The van der Waals surface area contributed by atoms with Gasteiger partial charge in [-0.3, -0.25) is 0 Å². The minimum atomic E-state index is -0.606. The first-order valence-corrected chi connectivity index (χ1v) is 5.96. The Kier molecular flexibility index (Phi) is 6.37. The smallest absolute Gasteiger partial charge is 0.139 e. The molecule has 0 aliphatic carbocycles. The first kappa shape index (κ1) is 14.3. The van der Waals surface area contributed by atoms with E-state index in [1.54, 1.807) is 24.3 Å². The maximum Gasteiger partial charge on any atom is 0.139 e. The number of hydrogen-bond donors (Lipinski definition) is 2. The van der Waals surface area contributed by atoms with Crippen LogP contribution in [0.25, 0.3) is 0 Å². The lowest BCUT2D eigenvalue weighted by atomic mass is 10.3. The highest BCUT2D eigenvalue weighted by molar-refractivity contribution is 6.34. The molecule has 0 radical (unpaired) electrons. The van der Waals surface area contributed by atoms with Gasteiger partial charge in [-0.05, 0) is 12.1 Å². The van der Waals surface area contributed by atoms with Gasteiger partial charge >= 0.3 is 0 Å². The van der Waals surface area contributed by atoms with Crippen molar-refractivity contribution in [3.8, 4) is 5.75 Å². The van der Waals surface area contributed by atoms with Crippen molar-refractivity contribution in [2.45, 2.75) is 6.10 Å². The molecule has 17 heavy (non-hydrogen) atoms. The van der Waals surface area contributed by atoms with E-state index in [0.717, 1.165) is 0 Å². The summed E-state index contributed by atoms with van der Waals surface area (Å²) in [5, 5.41) is 13.6. The molecule has 0 amide bonds. The average molecular weight is 276 g/mol. The zero-order chi connectivity index (χ0) is 12.7. The molecule has 0 saturated heterocycles. The highest BCUT2D eigenvalue weighted by Gasteiger charge is 2.07. The molecule has 0 bridgehead atoms. The number of halogens is 2. The van der Waals surface area contributed by atoms with Crippen molar-refractivity contribution in [3.05, 3.63) is 40.9 Å². The number of nitrogens with one attached hydrogen (secondary N) is 1. The quantitative estimate of drug-likeness (QED) is 0.594. The van der Waals surface area contributed by atoms with Crippen LogP contribution in [0, 0.1) is 0 Å². The largest absolute Gasteiger partial charge is 0.489 e. The Labute approximate surface area is 111 Å². The molecule has 2 N–H and O–H groups in total. The molecule has 5 heteroatoms. The fraction of sp³-hybridized carbons (Fsp3) is 0.333. The molecule has 0 saturated carbocycles. The van der Waals surface area contributed by atoms with Gasteiger partial charge in [0.25, 0.3) is 0 Å². The van der Waals surface area contributed by atoms with Crippen LogP contribution in [-0.4, -0.2) is 30.9 Å². The monoisotopic (exact) mass is 275 g/mol. The van der Waals surface area contributed by atoms with E-state index in [1.165, 1.54) is 0 Å². The van der Waals surface area contributed by atoms with Crippen LogP contribution in [0.4, 0.5) is 0 Å². The van der Waals surface area contributed by atoms with Crippen molar-refractivity contribution in [1.29, 1.82) is 0 Å². The third kappa shape index (κ3) is 5.41. The van der Waals surface area contributed by atoms with Gasteiger partial charge in [0.05, 0.1) is 5.02 Å². The Hall–Kier alpha value is -0.740. The molecular formula is C12H15Cl2NO2. The molecule has 1 unspecified atom stereocenters. The van der Waals surface area contributed by atoms with E-state index in [2.05, 4.69) is 11.9 Å². The van der Waals surface area contributed by atoms with E-state index < -0.39 is 6.10 Å². The highest BCUT2D eigenvalue weighted by Crippen LogP contribution is 2.27. The molecule has 1 aromatic rings. The van der Waals surface area contributed by atoms with Crippen molar-refractivity contribution in [1.82, 2.24) is 5.32 Å². The summed E-state index contributed by atoms with van der Waals surface area (Å²) < 4.78 is 5.38. The molecule has 94 valence electrons. The molecule has 0 aromatic heterocycles. The predicted octanol–water partition coefficient (Wildman–Crippen LogP) is 2.51. The Morgan fingerprint density at radius 3 is 2.94 bits per heavy atom. The van der Waals surface area contributed by atoms with Crippen LogP contribution >= 0.6 is 23.2 Å². The molecule has 0 spiro atoms. The van der Waals surface area contributed by atoms with Crippen LogP contribution in [-0.2, 0) is 0 Å². The first-order valence-electron chi connectivity index (χ1n) is 5.21. The van der Waals surface area contributed by atoms with E-state index in [0.29, 0.717) is 28.9 Å². The topological polar surface area (TPSA) is 41.5 Å². The van der Waals surface area contributed by atoms with Crippen LogP contribution in [0.15, 0.2) is 30.9 Å². The van der Waals surface area contributed by atoms with Crippen LogP contribution in [0.3, 0.4) is 0 Å². The Bertz CT molecular complexity index is 372. The second-order valence-corrected chi connectivity index (χ2v) is 4.33. The van der Waals surface area contributed by atoms with E-state index in [-0.39, 0.29) is 6.61 Å². The van der Waals surface area contributed by atoms with Crippen LogP contribution in [0.1, 0.15) is 0 Å². The van der Waals surface area contributed by atoms with Gasteiger partial charge < -0.3 is 15.2 Å². The van der Waals surface area contributed by atoms with Gasteiger partial charge in [-0.2, -0.15) is 0 Å². The van der Waals surface area contributed by atoms with E-state index in [1.807, 2.05) is 0 Å². The standard InChI is InChI=1S/C12H15Cl2NO2/c1-2-5-15-7-10(16)8-17-12-6-9(13)3-4-11(12)14/h2-4,6,10,15-16H,1,5,7-8H2. The summed E-state index contributed by atoms with van der Waals surface area (Å²) in [4.78, 5) is 0. The van der Waals surface area contributed by atoms with Gasteiger partial charge in [0.2, 0.25) is 0 Å². The number of benzene rings is 1. The highest BCUT2D eigenvalue weighted by atomic mass is 35.5. The minimum Gasteiger partial charge on any atom is -0.489 e. The Balaban J connectivity index is 2.38. The zero-order valence-electron chi connectivity index (χ0n) is 9.33. The third-order valence-corrected chi connectivity index (χ3v) is 2.54. The van der Waals surface area contributed by atoms with E-state index >= 15 is 0 Å². The molecule has 3 nitrogen and oxygen atoms in total. The second-order valence-electron chi connectivity index (χ2n) is 3.49. The van der Waals surface area contributed by atoms with Gasteiger partial charge in [-0.25, -0.2) is 0 Å². The molecular weight excluding hydrogens is 261 g/mol. The minimum absolute atomic E-state index is 0.157. The normalized spacial score (nSPS) is 12.2. The summed E-state index contributed by atoms with van der Waals surface area (Å²) in [5.41, 5.74) is 0. The molecule has 1 atom stereocenters. The summed E-state index contributed by atoms with van der Waals surface area (Å²) in [6.07, 6.45) is 1.12. The maximum atomic E-state index is 9.60. The molecule has 0 aliphatic rings. The Morgan fingerprint density at radius 1 is 1.47 bits per heavy atom. The summed E-state index contributed by atoms with van der Waals surface area (Å²) in [5.74, 6) is 0.474. The summed E-state index contributed by atoms with van der Waals surface area (Å²) >= 11 is 11.7. The zero-order valence-corrected chi connectivity index (χ0v) is 10.8. The third-order valence-electron chi connectivity index (χ3n) is 1.99. The van der Waals surface area contributed by atoms with Crippen LogP contribution in [0.5, 0.6) is 5.75 Å². The maximum absolute atomic E-state index is 9.60. The SMILES string of the molecule is C=CCNCC(O)COc1cc(Cl)ccc1Cl. The Morgan fingerprint density at radius 2 is 2.24 bits per heavy atom. The first-order chi connectivity index (χ1) is 8.13. The summed E-state index contributed by atoms with van der Waals surface area (Å²) in [6.45, 7) is 4.80. The lowest BCUT2D eigenvalue weighted by Gasteiger charge is -2.13. The van der Waals surface area contributed by atoms with Crippen LogP contribution < -0.4 is 10.1 Å². The van der Waals surface area contributed by atoms with Gasteiger partial charge in [0.1, 0.15) is 18.5 Å². The molecule has 0 heterocycles. The summed E-state index contributed by atoms with van der Waals surface area (Å²) in [6, 6.07) is 4.95. The van der Waals surface area contributed by atoms with Gasteiger partial charge in [-0.15, -0.1) is 6.58 Å². The number of aliphatic hydroxyl groups excluding tert-OH is 1.